The van der Waals surface area contributed by atoms with Crippen LogP contribution in [0.1, 0.15) is 29.7 Å². The van der Waals surface area contributed by atoms with Crippen LogP contribution in [0.5, 0.6) is 0 Å². The molecule has 1 N–H and O–H groups in total. The summed E-state index contributed by atoms with van der Waals surface area (Å²) >= 11 is 1.54. The molecule has 1 amide bonds. The molecule has 2 aromatic heterocycles. The first-order valence-corrected chi connectivity index (χ1v) is 8.09. The first-order chi connectivity index (χ1) is 11.0. The summed E-state index contributed by atoms with van der Waals surface area (Å²) in [6.45, 7) is 4.64. The highest BCUT2D eigenvalue weighted by atomic mass is 32.1. The van der Waals surface area contributed by atoms with Crippen molar-refractivity contribution in [3.63, 3.8) is 0 Å². The lowest BCUT2D eigenvalue weighted by Crippen LogP contribution is -2.47. The highest BCUT2D eigenvalue weighted by Crippen LogP contribution is 2.36. The maximum absolute atomic E-state index is 11.7. The summed E-state index contributed by atoms with van der Waals surface area (Å²) in [6, 6.07) is 2.07. The van der Waals surface area contributed by atoms with E-state index in [-0.39, 0.29) is 5.91 Å². The number of anilines is 1. The van der Waals surface area contributed by atoms with Crippen molar-refractivity contribution < 1.29 is 4.79 Å². The maximum atomic E-state index is 11.7. The van der Waals surface area contributed by atoms with Gasteiger partial charge in [0, 0.05) is 43.5 Å². The number of carbonyl (C=O) groups is 1. The zero-order valence-corrected chi connectivity index (χ0v) is 13.7. The van der Waals surface area contributed by atoms with Crippen molar-refractivity contribution in [1.29, 1.82) is 5.26 Å². The standard InChI is InChI=1S/C15H16N6OS/c1-10-8-23-14(19-10)15(20-11(2)22)3-6-21(9-15)13-12(7-16)17-4-5-18-13/h4-5,8H,3,6,9H2,1-2H3,(H,20,22). The van der Waals surface area contributed by atoms with Gasteiger partial charge in [-0.15, -0.1) is 11.3 Å². The number of carbonyl (C=O) groups excluding carboxylic acids is 1. The van der Waals surface area contributed by atoms with Gasteiger partial charge in [-0.25, -0.2) is 15.0 Å². The quantitative estimate of drug-likeness (QED) is 0.914. The Morgan fingerprint density at radius 1 is 1.48 bits per heavy atom. The van der Waals surface area contributed by atoms with Crippen LogP contribution < -0.4 is 10.2 Å². The van der Waals surface area contributed by atoms with Gasteiger partial charge in [0.2, 0.25) is 5.91 Å². The van der Waals surface area contributed by atoms with E-state index >= 15 is 0 Å². The monoisotopic (exact) mass is 328 g/mol. The van der Waals surface area contributed by atoms with Gasteiger partial charge in [0.1, 0.15) is 16.6 Å². The number of nitrogens with one attached hydrogen (secondary N) is 1. The van der Waals surface area contributed by atoms with E-state index in [4.69, 9.17) is 0 Å². The number of hydrogen-bond acceptors (Lipinski definition) is 7. The maximum Gasteiger partial charge on any atom is 0.217 e. The third-order valence-corrected chi connectivity index (χ3v) is 4.96. The van der Waals surface area contributed by atoms with Gasteiger partial charge in [-0.05, 0) is 13.3 Å². The predicted molar refractivity (Wildman–Crippen MR) is 85.9 cm³/mol. The van der Waals surface area contributed by atoms with Crippen molar-refractivity contribution >= 4 is 23.1 Å². The zero-order valence-electron chi connectivity index (χ0n) is 12.9. The molecule has 0 aliphatic carbocycles. The number of thiazole rings is 1. The fourth-order valence-electron chi connectivity index (χ4n) is 2.87. The lowest BCUT2D eigenvalue weighted by Gasteiger charge is -2.28. The molecule has 0 aromatic carbocycles. The molecule has 3 heterocycles. The number of nitriles is 1. The second-order valence-corrected chi connectivity index (χ2v) is 6.43. The summed E-state index contributed by atoms with van der Waals surface area (Å²) in [5.74, 6) is 0.454. The summed E-state index contributed by atoms with van der Waals surface area (Å²) in [5, 5.41) is 15.1. The number of hydrogen-bond donors (Lipinski definition) is 1. The Hall–Kier alpha value is -2.53. The van der Waals surface area contributed by atoms with Gasteiger partial charge in [0.05, 0.1) is 0 Å². The average Bonchev–Trinajstić information content (AvgIpc) is 3.14. The minimum atomic E-state index is -0.547. The number of aromatic nitrogens is 3. The van der Waals surface area contributed by atoms with E-state index in [1.807, 2.05) is 17.2 Å². The molecule has 23 heavy (non-hydrogen) atoms. The smallest absolute Gasteiger partial charge is 0.217 e. The predicted octanol–water partition coefficient (Wildman–Crippen LogP) is 1.35. The lowest BCUT2D eigenvalue weighted by molar-refractivity contribution is -0.120. The van der Waals surface area contributed by atoms with Gasteiger partial charge in [-0.1, -0.05) is 0 Å². The second-order valence-electron chi connectivity index (χ2n) is 5.57. The molecule has 1 unspecified atom stereocenters. The second kappa shape index (κ2) is 5.93. The fourth-order valence-corrected chi connectivity index (χ4v) is 3.85. The van der Waals surface area contributed by atoms with Gasteiger partial charge in [-0.2, -0.15) is 5.26 Å². The third kappa shape index (κ3) is 2.87. The van der Waals surface area contributed by atoms with Gasteiger partial charge < -0.3 is 10.2 Å². The topological polar surface area (TPSA) is 94.8 Å². The molecule has 7 nitrogen and oxygen atoms in total. The molecule has 1 saturated heterocycles. The molecule has 2 aromatic rings. The van der Waals surface area contributed by atoms with Gasteiger partial charge in [0.25, 0.3) is 0 Å². The van der Waals surface area contributed by atoms with Crippen LogP contribution in [-0.4, -0.2) is 33.9 Å². The molecular formula is C15H16N6OS. The highest BCUT2D eigenvalue weighted by molar-refractivity contribution is 7.09. The first-order valence-electron chi connectivity index (χ1n) is 7.21. The Morgan fingerprint density at radius 3 is 2.91 bits per heavy atom. The molecule has 118 valence electrons. The van der Waals surface area contributed by atoms with Gasteiger partial charge >= 0.3 is 0 Å². The van der Waals surface area contributed by atoms with Crippen molar-refractivity contribution in [3.8, 4) is 6.07 Å². The van der Waals surface area contributed by atoms with Gasteiger partial charge in [0.15, 0.2) is 11.5 Å². The van der Waals surface area contributed by atoms with Crippen LogP contribution in [0.25, 0.3) is 0 Å². The average molecular weight is 328 g/mol. The van der Waals surface area contributed by atoms with Crippen molar-refractivity contribution in [3.05, 3.63) is 34.2 Å². The molecule has 0 saturated carbocycles. The summed E-state index contributed by atoms with van der Waals surface area (Å²) in [7, 11) is 0. The van der Waals surface area contributed by atoms with Crippen LogP contribution >= 0.6 is 11.3 Å². The van der Waals surface area contributed by atoms with Gasteiger partial charge in [-0.3, -0.25) is 4.79 Å². The van der Waals surface area contributed by atoms with E-state index in [1.54, 1.807) is 17.5 Å². The molecule has 0 bridgehead atoms. The molecule has 0 spiro atoms. The van der Waals surface area contributed by atoms with Crippen molar-refractivity contribution in [1.82, 2.24) is 20.3 Å². The molecule has 1 aliphatic heterocycles. The van der Waals surface area contributed by atoms with Crippen LogP contribution in [0.4, 0.5) is 5.82 Å². The third-order valence-electron chi connectivity index (χ3n) is 3.80. The molecule has 1 aliphatic rings. The molecule has 1 fully saturated rings. The number of nitrogens with zero attached hydrogens (tertiary/aromatic N) is 5. The Bertz CT molecular complexity index is 782. The lowest BCUT2D eigenvalue weighted by atomic mass is 9.99. The normalized spacial score (nSPS) is 20.3. The van der Waals surface area contributed by atoms with Crippen LogP contribution in [0.3, 0.4) is 0 Å². The van der Waals surface area contributed by atoms with Crippen LogP contribution in [0.2, 0.25) is 0 Å². The zero-order chi connectivity index (χ0) is 16.4. The van der Waals surface area contributed by atoms with E-state index in [9.17, 15) is 10.1 Å². The number of amides is 1. The molecule has 0 radical (unpaired) electrons. The molecular weight excluding hydrogens is 312 g/mol. The summed E-state index contributed by atoms with van der Waals surface area (Å²) in [6.07, 6.45) is 3.78. The van der Waals surface area contributed by atoms with E-state index in [2.05, 4.69) is 26.3 Å². The summed E-state index contributed by atoms with van der Waals surface area (Å²) < 4.78 is 0. The first kappa shape index (κ1) is 15.4. The van der Waals surface area contributed by atoms with E-state index in [0.29, 0.717) is 31.0 Å². The van der Waals surface area contributed by atoms with Crippen LogP contribution in [0, 0.1) is 18.3 Å². The SMILES string of the molecule is CC(=O)NC1(c2nc(C)cs2)CCN(c2nccnc2C#N)C1. The minimum absolute atomic E-state index is 0.0978. The number of rotatable bonds is 3. The largest absolute Gasteiger partial charge is 0.351 e. The van der Waals surface area contributed by atoms with Crippen LogP contribution in [0.15, 0.2) is 17.8 Å². The summed E-state index contributed by atoms with van der Waals surface area (Å²) in [4.78, 5) is 26.6. The number of aryl methyl sites for hydroxylation is 1. The van der Waals surface area contributed by atoms with E-state index in [1.165, 1.54) is 13.1 Å². The summed E-state index contributed by atoms with van der Waals surface area (Å²) in [5.41, 5.74) is 0.682. The minimum Gasteiger partial charge on any atom is -0.351 e. The van der Waals surface area contributed by atoms with Crippen molar-refractivity contribution in [2.75, 3.05) is 18.0 Å². The Balaban J connectivity index is 1.95. The van der Waals surface area contributed by atoms with Crippen molar-refractivity contribution in [2.24, 2.45) is 0 Å². The van der Waals surface area contributed by atoms with E-state index < -0.39 is 5.54 Å². The molecule has 8 heteroatoms. The molecule has 3 rings (SSSR count). The Labute approximate surface area is 138 Å². The Morgan fingerprint density at radius 2 is 2.26 bits per heavy atom. The van der Waals surface area contributed by atoms with Crippen molar-refractivity contribution in [2.45, 2.75) is 25.8 Å². The fraction of sp³-hybridized carbons (Fsp3) is 0.400. The molecule has 1 atom stereocenters. The van der Waals surface area contributed by atoms with E-state index in [0.717, 1.165) is 10.7 Å². The Kier molecular flexibility index (Phi) is 3.96. The van der Waals surface area contributed by atoms with Crippen LogP contribution in [-0.2, 0) is 10.3 Å². The highest BCUT2D eigenvalue weighted by Gasteiger charge is 2.43.